The van der Waals surface area contributed by atoms with E-state index >= 15 is 0 Å². The fraction of sp³-hybridized carbons (Fsp3) is 0.417. The molecule has 1 heterocycles. The van der Waals surface area contributed by atoms with Crippen LogP contribution in [0.15, 0.2) is 18.2 Å². The molecule has 7 nitrogen and oxygen atoms in total. The maximum atomic E-state index is 10.0. The van der Waals surface area contributed by atoms with Crippen LogP contribution in [-0.2, 0) is 6.42 Å². The van der Waals surface area contributed by atoms with Crippen molar-refractivity contribution in [2.75, 3.05) is 10.8 Å². The number of unbranched alkanes of at least 4 members (excludes halogenated alkanes) is 1. The summed E-state index contributed by atoms with van der Waals surface area (Å²) in [5.74, 6) is -0.0877. The van der Waals surface area contributed by atoms with Crippen molar-refractivity contribution in [3.63, 3.8) is 0 Å². The van der Waals surface area contributed by atoms with E-state index in [4.69, 9.17) is 5.26 Å². The zero-order valence-corrected chi connectivity index (χ0v) is 11.5. The number of aryl methyl sites for hydroxylation is 1. The number of benzene rings is 1. The fourth-order valence-electron chi connectivity index (χ4n) is 2.09. The molecular weight excluding hydrogens is 282 g/mol. The molecule has 1 aromatic rings. The highest BCUT2D eigenvalue weighted by molar-refractivity contribution is 8.24. The van der Waals surface area contributed by atoms with Gasteiger partial charge in [0.1, 0.15) is 17.7 Å². The zero-order valence-electron chi connectivity index (χ0n) is 10.7. The van der Waals surface area contributed by atoms with Crippen LogP contribution >= 0.6 is 11.0 Å². The Bertz CT molecular complexity index is 532. The quantitative estimate of drug-likeness (QED) is 0.535. The maximum absolute atomic E-state index is 10.0. The third-order valence-corrected chi connectivity index (χ3v) is 4.55. The first-order chi connectivity index (χ1) is 9.44. The van der Waals surface area contributed by atoms with Crippen molar-refractivity contribution in [1.29, 1.82) is 5.26 Å². The lowest BCUT2D eigenvalue weighted by Crippen LogP contribution is -2.25. The molecule has 110 valence electrons. The molecule has 0 bridgehead atoms. The number of aromatic hydroxyl groups is 1. The topological polar surface area (TPSA) is 120 Å². The zero-order chi connectivity index (χ0) is 14.8. The predicted molar refractivity (Wildman–Crippen MR) is 76.0 cm³/mol. The van der Waals surface area contributed by atoms with Crippen LogP contribution in [0.25, 0.3) is 0 Å². The highest BCUT2D eigenvalue weighted by atomic mass is 32.3. The van der Waals surface area contributed by atoms with Gasteiger partial charge in [-0.15, -0.1) is 0 Å². The molecule has 1 aliphatic heterocycles. The Labute approximate surface area is 118 Å². The van der Waals surface area contributed by atoms with Gasteiger partial charge in [-0.3, -0.25) is 13.4 Å². The third-order valence-electron chi connectivity index (χ3n) is 3.00. The molecule has 0 aromatic heterocycles. The molecule has 0 amide bonds. The molecule has 1 atom stereocenters. The van der Waals surface area contributed by atoms with Gasteiger partial charge < -0.3 is 10.2 Å². The first kappa shape index (κ1) is 14.9. The lowest BCUT2D eigenvalue weighted by molar-refractivity contribution is 0.182. The van der Waals surface area contributed by atoms with Gasteiger partial charge >= 0.3 is 0 Å². The van der Waals surface area contributed by atoms with Crippen LogP contribution in [0.4, 0.5) is 5.69 Å². The number of aliphatic hydroxyl groups excluding tert-OH is 1. The Balaban J connectivity index is 2.16. The molecule has 1 saturated heterocycles. The molecule has 8 heteroatoms. The van der Waals surface area contributed by atoms with Crippen LogP contribution in [0.3, 0.4) is 0 Å². The minimum absolute atomic E-state index is 0.0241. The second-order valence-electron chi connectivity index (χ2n) is 4.55. The molecule has 5 N–H and O–H groups in total. The van der Waals surface area contributed by atoms with E-state index in [0.29, 0.717) is 19.3 Å². The Morgan fingerprint density at radius 2 is 2.20 bits per heavy atom. The normalized spacial score (nSPS) is 22.5. The average Bonchev–Trinajstić information content (AvgIpc) is 2.63. The summed E-state index contributed by atoms with van der Waals surface area (Å²) in [6.07, 6.45) is 0.757. The van der Waals surface area contributed by atoms with Gasteiger partial charge in [-0.25, -0.2) is 0 Å². The van der Waals surface area contributed by atoms with Crippen LogP contribution < -0.4 is 9.03 Å². The fourth-order valence-corrected chi connectivity index (χ4v) is 3.43. The van der Waals surface area contributed by atoms with E-state index in [9.17, 15) is 19.3 Å². The molecule has 20 heavy (non-hydrogen) atoms. The SMILES string of the molecule is N#CCCCc1ccc(N2CC(O)NS2(O)O)c(O)c1. The molecular formula is C12H17N3O4S. The van der Waals surface area contributed by atoms with Crippen molar-refractivity contribution in [2.24, 2.45) is 0 Å². The van der Waals surface area contributed by atoms with E-state index in [0.717, 1.165) is 9.87 Å². The van der Waals surface area contributed by atoms with E-state index in [1.165, 1.54) is 6.07 Å². The number of rotatable bonds is 4. The molecule has 0 aliphatic carbocycles. The molecule has 1 unspecified atom stereocenters. The number of aliphatic hydroxyl groups is 1. The first-order valence-electron chi connectivity index (χ1n) is 6.14. The van der Waals surface area contributed by atoms with E-state index < -0.39 is 17.2 Å². The van der Waals surface area contributed by atoms with Gasteiger partial charge in [-0.2, -0.15) is 9.98 Å². The van der Waals surface area contributed by atoms with Crippen molar-refractivity contribution in [3.8, 4) is 11.8 Å². The van der Waals surface area contributed by atoms with Crippen molar-refractivity contribution in [3.05, 3.63) is 23.8 Å². The second kappa shape index (κ2) is 5.87. The van der Waals surface area contributed by atoms with E-state index in [-0.39, 0.29) is 18.0 Å². The predicted octanol–water partition coefficient (Wildman–Crippen LogP) is 1.55. The summed E-state index contributed by atoms with van der Waals surface area (Å²) in [5, 5.41) is 27.9. The summed E-state index contributed by atoms with van der Waals surface area (Å²) < 4.78 is 23.0. The largest absolute Gasteiger partial charge is 0.506 e. The Hall–Kier alpha value is -1.50. The number of nitrogens with zero attached hydrogens (tertiary/aromatic N) is 2. The summed E-state index contributed by atoms with van der Waals surface area (Å²) in [6.45, 7) is -0.0241. The number of hydrogen-bond donors (Lipinski definition) is 5. The molecule has 1 aliphatic rings. The van der Waals surface area contributed by atoms with Crippen LogP contribution in [0.5, 0.6) is 5.75 Å². The van der Waals surface area contributed by atoms with Gasteiger partial charge in [0.25, 0.3) is 0 Å². The lowest BCUT2D eigenvalue weighted by atomic mass is 10.1. The van der Waals surface area contributed by atoms with Crippen LogP contribution in [-0.4, -0.2) is 32.1 Å². The van der Waals surface area contributed by atoms with Gasteiger partial charge in [0, 0.05) is 6.42 Å². The Morgan fingerprint density at radius 3 is 2.75 bits per heavy atom. The summed E-state index contributed by atoms with van der Waals surface area (Å²) in [4.78, 5) is 0. The Kier molecular flexibility index (Phi) is 4.37. The van der Waals surface area contributed by atoms with E-state index in [1.54, 1.807) is 12.1 Å². The van der Waals surface area contributed by atoms with Gasteiger partial charge in [-0.1, -0.05) is 17.0 Å². The summed E-state index contributed by atoms with van der Waals surface area (Å²) in [6, 6.07) is 6.92. The van der Waals surface area contributed by atoms with Gasteiger partial charge in [0.15, 0.2) is 0 Å². The Morgan fingerprint density at radius 1 is 1.45 bits per heavy atom. The number of nitriles is 1. The smallest absolute Gasteiger partial charge is 0.142 e. The molecule has 0 radical (unpaired) electrons. The van der Waals surface area contributed by atoms with Crippen LogP contribution in [0.2, 0.25) is 0 Å². The number of hydrogen-bond acceptors (Lipinski definition) is 7. The minimum atomic E-state index is -3.32. The summed E-state index contributed by atoms with van der Waals surface area (Å²) in [7, 11) is -3.32. The first-order valence-corrected chi connectivity index (χ1v) is 7.64. The highest BCUT2D eigenvalue weighted by Gasteiger charge is 2.36. The van der Waals surface area contributed by atoms with Gasteiger partial charge in [0.2, 0.25) is 0 Å². The van der Waals surface area contributed by atoms with Crippen molar-refractivity contribution in [1.82, 2.24) is 4.72 Å². The third kappa shape index (κ3) is 3.15. The van der Waals surface area contributed by atoms with Gasteiger partial charge in [0.05, 0.1) is 12.6 Å². The maximum Gasteiger partial charge on any atom is 0.142 e. The molecule has 2 rings (SSSR count). The second-order valence-corrected chi connectivity index (χ2v) is 6.26. The van der Waals surface area contributed by atoms with E-state index in [1.807, 2.05) is 0 Å². The van der Waals surface area contributed by atoms with Gasteiger partial charge in [-0.05, 0) is 30.5 Å². The van der Waals surface area contributed by atoms with Crippen LogP contribution in [0.1, 0.15) is 18.4 Å². The monoisotopic (exact) mass is 299 g/mol. The van der Waals surface area contributed by atoms with Crippen molar-refractivity contribution in [2.45, 2.75) is 25.5 Å². The van der Waals surface area contributed by atoms with Crippen molar-refractivity contribution < 1.29 is 19.3 Å². The summed E-state index contributed by atoms with van der Waals surface area (Å²) >= 11 is 0. The number of nitrogens with one attached hydrogen (secondary N) is 1. The van der Waals surface area contributed by atoms with Crippen molar-refractivity contribution >= 4 is 16.6 Å². The number of anilines is 1. The average molecular weight is 299 g/mol. The minimum Gasteiger partial charge on any atom is -0.506 e. The lowest BCUT2D eigenvalue weighted by Gasteiger charge is -2.36. The molecule has 0 saturated carbocycles. The highest BCUT2D eigenvalue weighted by Crippen LogP contribution is 2.49. The standard InChI is InChI=1S/C12H17N3O4S/c13-6-2-1-3-9-4-5-10(11(16)7-9)15-8-12(17)14-20(15,18)19/h4-5,7,12,14,16-19H,1-3,8H2. The molecule has 1 aromatic carbocycles. The molecule has 1 fully saturated rings. The number of phenols is 1. The number of phenolic OH excluding ortho intramolecular Hbond substituents is 1. The molecule has 0 spiro atoms. The van der Waals surface area contributed by atoms with E-state index in [2.05, 4.69) is 10.8 Å². The number of β-amino-alcohol motifs (C(OH)–C–C–N with tert-alkyl or cyclic N) is 1. The summed E-state index contributed by atoms with van der Waals surface area (Å²) in [5.41, 5.74) is 1.11. The van der Waals surface area contributed by atoms with Crippen LogP contribution in [0, 0.1) is 11.3 Å².